The highest BCUT2D eigenvalue weighted by Crippen LogP contribution is 2.41. The van der Waals surface area contributed by atoms with E-state index in [0.29, 0.717) is 29.1 Å². The molecule has 4 heterocycles. The van der Waals surface area contributed by atoms with Gasteiger partial charge in [0.2, 0.25) is 17.7 Å². The number of anilines is 1. The van der Waals surface area contributed by atoms with Crippen molar-refractivity contribution in [3.05, 3.63) is 40.9 Å². The molecule has 0 bridgehead atoms. The van der Waals surface area contributed by atoms with Crippen LogP contribution in [-0.4, -0.2) is 92.2 Å². The van der Waals surface area contributed by atoms with Crippen LogP contribution in [-0.2, 0) is 30.5 Å². The molecule has 0 unspecified atom stereocenters. The van der Waals surface area contributed by atoms with Gasteiger partial charge < -0.3 is 41.4 Å². The quantitative estimate of drug-likeness (QED) is 0.0673. The van der Waals surface area contributed by atoms with Crippen molar-refractivity contribution < 1.29 is 43.7 Å². The molecular weight excluding hydrogens is 703 g/mol. The molecule has 0 spiro atoms. The van der Waals surface area contributed by atoms with Crippen LogP contribution in [0.5, 0.6) is 11.8 Å². The Morgan fingerprint density at radius 1 is 1.18 bits per heavy atom. The zero-order chi connectivity index (χ0) is 36.7. The number of hydrogen-bond acceptors (Lipinski definition) is 14. The average molecular weight is 740 g/mol. The highest BCUT2D eigenvalue weighted by Gasteiger charge is 2.26. The minimum Gasteiger partial charge on any atom is -0.480 e. The van der Waals surface area contributed by atoms with Gasteiger partial charge in [0.1, 0.15) is 23.2 Å². The standard InChI is InChI=1S/C33H37N7O9S2/c1-3-48-14-18-12-37-33(50-15-17(29(44)36-13-25(42)43)10-19(41)4-6-21(34)32(46)47)40-31(18)49-24-9-5-20-22(39-24)7-8-23-26(20)27-28(51-23)30(45)38-16(2)11-35-27/h5,7-9,12,16-17,21,35H,3-4,6,10-11,13-15,34H2,1-2H3,(H,36,44)(H,38,45)(H,42,43)(H,46,47)/t16-,17+,21+/m1/s1. The predicted octanol–water partition coefficient (Wildman–Crippen LogP) is 3.17. The molecule has 18 heteroatoms. The van der Waals surface area contributed by atoms with E-state index in [2.05, 4.69) is 25.9 Å². The van der Waals surface area contributed by atoms with Crippen LogP contribution >= 0.6 is 23.1 Å². The summed E-state index contributed by atoms with van der Waals surface area (Å²) in [4.78, 5) is 74.7. The van der Waals surface area contributed by atoms with Gasteiger partial charge in [-0.05, 0) is 38.5 Å². The van der Waals surface area contributed by atoms with Gasteiger partial charge in [-0.1, -0.05) is 11.8 Å². The Balaban J connectivity index is 1.37. The molecule has 0 aliphatic carbocycles. The Labute approximate surface area is 299 Å². The zero-order valence-corrected chi connectivity index (χ0v) is 29.4. The van der Waals surface area contributed by atoms with Crippen LogP contribution in [0.4, 0.5) is 5.69 Å². The van der Waals surface area contributed by atoms with Crippen LogP contribution in [0.2, 0.25) is 0 Å². The van der Waals surface area contributed by atoms with Gasteiger partial charge in [0.15, 0.2) is 5.16 Å². The van der Waals surface area contributed by atoms with E-state index < -0.39 is 42.1 Å². The van der Waals surface area contributed by atoms with Crippen LogP contribution in [0, 0.1) is 5.92 Å². The third kappa shape index (κ3) is 9.46. The zero-order valence-electron chi connectivity index (χ0n) is 27.8. The molecule has 5 rings (SSSR count). The smallest absolute Gasteiger partial charge is 0.322 e. The molecule has 1 aromatic carbocycles. The van der Waals surface area contributed by atoms with E-state index in [-0.39, 0.29) is 60.5 Å². The van der Waals surface area contributed by atoms with E-state index in [0.717, 1.165) is 32.9 Å². The first-order valence-electron chi connectivity index (χ1n) is 16.1. The molecule has 4 aromatic rings. The second-order valence-electron chi connectivity index (χ2n) is 11.8. The Hall–Kier alpha value is -4.91. The van der Waals surface area contributed by atoms with Crippen LogP contribution in [0.3, 0.4) is 0 Å². The number of carboxylic acid groups (broad SMARTS) is 2. The fourth-order valence-electron chi connectivity index (χ4n) is 5.23. The Morgan fingerprint density at radius 3 is 2.73 bits per heavy atom. The van der Waals surface area contributed by atoms with E-state index in [1.54, 1.807) is 6.07 Å². The lowest BCUT2D eigenvalue weighted by Crippen LogP contribution is -2.37. The molecule has 270 valence electrons. The van der Waals surface area contributed by atoms with Crippen LogP contribution in [0.1, 0.15) is 48.3 Å². The largest absolute Gasteiger partial charge is 0.480 e. The van der Waals surface area contributed by atoms with E-state index in [4.69, 9.17) is 30.4 Å². The van der Waals surface area contributed by atoms with E-state index >= 15 is 0 Å². The molecule has 3 aromatic heterocycles. The number of ether oxygens (including phenoxy) is 2. The average Bonchev–Trinajstić information content (AvgIpc) is 3.42. The summed E-state index contributed by atoms with van der Waals surface area (Å²) in [5, 5.41) is 28.7. The number of carbonyl (C=O) groups excluding carboxylic acids is 3. The van der Waals surface area contributed by atoms with Crippen molar-refractivity contribution in [2.45, 2.75) is 57.0 Å². The topological polar surface area (TPSA) is 245 Å². The Kier molecular flexibility index (Phi) is 12.4. The van der Waals surface area contributed by atoms with E-state index in [1.165, 1.54) is 17.5 Å². The summed E-state index contributed by atoms with van der Waals surface area (Å²) >= 11 is 2.47. The number of carbonyl (C=O) groups is 5. The fraction of sp³-hybridized carbons (Fsp3) is 0.394. The number of benzene rings is 1. The van der Waals surface area contributed by atoms with Crippen molar-refractivity contribution >= 4 is 79.3 Å². The number of amides is 2. The molecular formula is C33H37N7O9S2. The first-order valence-corrected chi connectivity index (χ1v) is 17.9. The second kappa shape index (κ2) is 16.9. The van der Waals surface area contributed by atoms with E-state index in [1.807, 2.05) is 32.0 Å². The third-order valence-corrected chi connectivity index (χ3v) is 10.0. The van der Waals surface area contributed by atoms with Crippen molar-refractivity contribution in [2.24, 2.45) is 11.7 Å². The van der Waals surface area contributed by atoms with Crippen molar-refractivity contribution in [1.29, 1.82) is 0 Å². The van der Waals surface area contributed by atoms with E-state index in [9.17, 15) is 24.0 Å². The maximum Gasteiger partial charge on any atom is 0.322 e. The molecule has 51 heavy (non-hydrogen) atoms. The van der Waals surface area contributed by atoms with Gasteiger partial charge in [0.25, 0.3) is 5.91 Å². The van der Waals surface area contributed by atoms with Crippen LogP contribution in [0.15, 0.2) is 35.6 Å². The molecule has 16 nitrogen and oxygen atoms in total. The number of nitrogens with one attached hydrogen (secondary N) is 3. The molecule has 1 aliphatic heterocycles. The van der Waals surface area contributed by atoms with Crippen molar-refractivity contribution in [1.82, 2.24) is 25.6 Å². The first kappa shape index (κ1) is 37.3. The molecule has 0 saturated carbocycles. The summed E-state index contributed by atoms with van der Waals surface area (Å²) in [6.07, 6.45) is 0.997. The molecule has 7 N–H and O–H groups in total. The summed E-state index contributed by atoms with van der Waals surface area (Å²) in [5.74, 6) is -4.23. The van der Waals surface area contributed by atoms with Gasteiger partial charge in [-0.15, -0.1) is 11.3 Å². The van der Waals surface area contributed by atoms with Gasteiger partial charge in [-0.25, -0.2) is 9.97 Å². The Morgan fingerprint density at radius 2 is 1.98 bits per heavy atom. The number of carboxylic acids is 2. The highest BCUT2D eigenvalue weighted by molar-refractivity contribution is 7.99. The normalized spacial score (nSPS) is 15.3. The number of thioether (sulfide) groups is 1. The Bertz CT molecular complexity index is 1970. The third-order valence-electron chi connectivity index (χ3n) is 7.85. The number of aromatic nitrogens is 3. The number of rotatable bonds is 17. The lowest BCUT2D eigenvalue weighted by molar-refractivity contribution is -0.139. The highest BCUT2D eigenvalue weighted by atomic mass is 32.2. The minimum atomic E-state index is -1.25. The number of aliphatic carboxylic acids is 2. The van der Waals surface area contributed by atoms with Crippen molar-refractivity contribution in [2.75, 3.05) is 30.8 Å². The number of hydrogen-bond donors (Lipinski definition) is 6. The number of nitrogens with two attached hydrogens (primary N) is 1. The van der Waals surface area contributed by atoms with Gasteiger partial charge in [0.05, 0.1) is 29.3 Å². The van der Waals surface area contributed by atoms with Gasteiger partial charge in [0, 0.05) is 65.5 Å². The van der Waals surface area contributed by atoms with Crippen LogP contribution in [0.25, 0.3) is 21.0 Å². The second-order valence-corrected chi connectivity index (χ2v) is 13.8. The predicted molar refractivity (Wildman–Crippen MR) is 189 cm³/mol. The van der Waals surface area contributed by atoms with Crippen molar-refractivity contribution in [3.8, 4) is 11.8 Å². The maximum absolute atomic E-state index is 12.9. The summed E-state index contributed by atoms with van der Waals surface area (Å²) in [6, 6.07) is 6.10. The molecule has 2 amide bonds. The first-order chi connectivity index (χ1) is 24.4. The van der Waals surface area contributed by atoms with Gasteiger partial charge in [-0.2, -0.15) is 4.98 Å². The summed E-state index contributed by atoms with van der Waals surface area (Å²) in [5.41, 5.74) is 7.45. The van der Waals surface area contributed by atoms with Gasteiger partial charge >= 0.3 is 11.9 Å². The monoisotopic (exact) mass is 739 g/mol. The molecule has 1 aliphatic rings. The fourth-order valence-corrected chi connectivity index (χ4v) is 7.23. The van der Waals surface area contributed by atoms with Crippen LogP contribution < -0.4 is 26.4 Å². The maximum atomic E-state index is 12.9. The number of Topliss-reactive ketones (excluding diaryl/α,β-unsaturated/α-hetero) is 1. The summed E-state index contributed by atoms with van der Waals surface area (Å²) in [7, 11) is 0. The summed E-state index contributed by atoms with van der Waals surface area (Å²) in [6.45, 7) is 4.29. The molecule has 3 atom stereocenters. The SMILES string of the molecule is CCOCc1cnc(SC[C@H](CC(=O)CC[C@H](N)C(=O)O)C(=O)NCC(=O)O)nc1Oc1ccc2c(ccc3sc4c(c32)NC[C@@H](C)NC4=O)n1. The molecule has 0 saturated heterocycles. The molecule has 0 fully saturated rings. The van der Waals surface area contributed by atoms with Crippen molar-refractivity contribution in [3.63, 3.8) is 0 Å². The lowest BCUT2D eigenvalue weighted by atomic mass is 9.99. The molecule has 0 radical (unpaired) electrons. The minimum absolute atomic E-state index is 0.00639. The number of nitrogens with zero attached hydrogens (tertiary/aromatic N) is 3. The lowest BCUT2D eigenvalue weighted by Gasteiger charge is -2.16. The number of ketones is 1. The number of fused-ring (bicyclic) bond motifs is 5. The number of thiophene rings is 1. The van der Waals surface area contributed by atoms with Gasteiger partial charge in [-0.3, -0.25) is 24.0 Å². The summed E-state index contributed by atoms with van der Waals surface area (Å²) < 4.78 is 12.7. The number of pyridine rings is 1.